The Morgan fingerprint density at radius 3 is 2.52 bits per heavy atom. The summed E-state index contributed by atoms with van der Waals surface area (Å²) < 4.78 is 0.928. The van der Waals surface area contributed by atoms with Crippen LogP contribution in [0.3, 0.4) is 0 Å². The second-order valence-corrected chi connectivity index (χ2v) is 6.43. The molecule has 0 radical (unpaired) electrons. The van der Waals surface area contributed by atoms with E-state index < -0.39 is 0 Å². The number of aromatic nitrogens is 1. The zero-order chi connectivity index (χ0) is 17.8. The molecule has 0 atom stereocenters. The first-order valence-electron chi connectivity index (χ1n) is 7.72. The van der Waals surface area contributed by atoms with Crippen molar-refractivity contribution in [3.8, 4) is 0 Å². The highest BCUT2D eigenvalue weighted by molar-refractivity contribution is 9.10. The number of carbonyl (C=O) groups is 2. The average Bonchev–Trinajstić information content (AvgIpc) is 2.61. The first kappa shape index (κ1) is 17.1. The minimum Gasteiger partial charge on any atom is -0.325 e. The zero-order valence-electron chi connectivity index (χ0n) is 13.6. The van der Waals surface area contributed by atoms with Crippen LogP contribution in [0.1, 0.15) is 6.92 Å². The van der Waals surface area contributed by atoms with Crippen LogP contribution in [0.5, 0.6) is 0 Å². The summed E-state index contributed by atoms with van der Waals surface area (Å²) in [4.78, 5) is 30.3. The highest BCUT2D eigenvalue weighted by atomic mass is 79.9. The smallest absolute Gasteiger partial charge is 0.244 e. The third-order valence-electron chi connectivity index (χ3n) is 3.71. The molecule has 0 fully saturated rings. The van der Waals surface area contributed by atoms with Crippen molar-refractivity contribution >= 4 is 50.0 Å². The van der Waals surface area contributed by atoms with E-state index in [0.717, 1.165) is 9.86 Å². The molecule has 0 unspecified atom stereocenters. The molecule has 0 aliphatic rings. The van der Waals surface area contributed by atoms with Crippen molar-refractivity contribution in [2.24, 2.45) is 0 Å². The number of fused-ring (bicyclic) bond motifs is 1. The lowest BCUT2D eigenvalue weighted by molar-refractivity contribution is -0.120. The van der Waals surface area contributed by atoms with Crippen molar-refractivity contribution in [3.63, 3.8) is 0 Å². The monoisotopic (exact) mass is 397 g/mol. The summed E-state index contributed by atoms with van der Waals surface area (Å²) in [6.07, 6.45) is 1.67. The van der Waals surface area contributed by atoms with Crippen LogP contribution in [-0.4, -0.2) is 23.3 Å². The van der Waals surface area contributed by atoms with Crippen LogP contribution in [0.25, 0.3) is 10.9 Å². The molecule has 5 nitrogen and oxygen atoms in total. The van der Waals surface area contributed by atoms with Crippen LogP contribution in [0.2, 0.25) is 0 Å². The molecule has 0 spiro atoms. The summed E-state index contributed by atoms with van der Waals surface area (Å²) in [6, 6.07) is 16.6. The molecule has 1 aromatic heterocycles. The van der Waals surface area contributed by atoms with Crippen LogP contribution in [0, 0.1) is 0 Å². The van der Waals surface area contributed by atoms with Crippen molar-refractivity contribution in [2.75, 3.05) is 16.8 Å². The summed E-state index contributed by atoms with van der Waals surface area (Å²) in [6.45, 7) is 1.36. The van der Waals surface area contributed by atoms with Gasteiger partial charge in [-0.3, -0.25) is 14.6 Å². The van der Waals surface area contributed by atoms with E-state index in [1.165, 1.54) is 11.8 Å². The number of rotatable bonds is 4. The van der Waals surface area contributed by atoms with Gasteiger partial charge in [-0.25, -0.2) is 0 Å². The minimum atomic E-state index is -0.273. The SMILES string of the molecule is CC(=O)N(CC(=O)Nc1ccc(Br)cc1)c1cccc2cccnc12. The number of hydrogen-bond acceptors (Lipinski definition) is 3. The maximum atomic E-state index is 12.4. The normalized spacial score (nSPS) is 10.5. The standard InChI is InChI=1S/C19H16BrN3O2/c1-13(24)23(12-18(25)22-16-9-7-15(20)8-10-16)17-6-2-4-14-5-3-11-21-19(14)17/h2-11H,12H2,1H3,(H,22,25). The predicted molar refractivity (Wildman–Crippen MR) is 103 cm³/mol. The fourth-order valence-corrected chi connectivity index (χ4v) is 2.81. The van der Waals surface area contributed by atoms with Gasteiger partial charge in [-0.1, -0.05) is 34.1 Å². The zero-order valence-corrected chi connectivity index (χ0v) is 15.2. The van der Waals surface area contributed by atoms with Crippen LogP contribution >= 0.6 is 15.9 Å². The molecule has 2 aromatic carbocycles. The van der Waals surface area contributed by atoms with Gasteiger partial charge in [-0.2, -0.15) is 0 Å². The highest BCUT2D eigenvalue weighted by Gasteiger charge is 2.18. The second kappa shape index (κ2) is 7.44. The molecule has 126 valence electrons. The molecular weight excluding hydrogens is 382 g/mol. The van der Waals surface area contributed by atoms with Gasteiger partial charge in [-0.15, -0.1) is 0 Å². The van der Waals surface area contributed by atoms with Gasteiger partial charge in [0.15, 0.2) is 0 Å². The number of nitrogens with zero attached hydrogens (tertiary/aromatic N) is 2. The van der Waals surface area contributed by atoms with Gasteiger partial charge >= 0.3 is 0 Å². The van der Waals surface area contributed by atoms with Gasteiger partial charge in [0, 0.05) is 28.7 Å². The van der Waals surface area contributed by atoms with E-state index >= 15 is 0 Å². The number of benzene rings is 2. The number of nitrogens with one attached hydrogen (secondary N) is 1. The van der Waals surface area contributed by atoms with Gasteiger partial charge in [0.25, 0.3) is 0 Å². The summed E-state index contributed by atoms with van der Waals surface area (Å²) in [5.41, 5.74) is 1.99. The third kappa shape index (κ3) is 4.03. The lowest BCUT2D eigenvalue weighted by Gasteiger charge is -2.21. The fourth-order valence-electron chi connectivity index (χ4n) is 2.55. The van der Waals surface area contributed by atoms with Crippen LogP contribution in [-0.2, 0) is 9.59 Å². The van der Waals surface area contributed by atoms with Crippen molar-refractivity contribution < 1.29 is 9.59 Å². The Hall–Kier alpha value is -2.73. The Morgan fingerprint density at radius 2 is 1.80 bits per heavy atom. The van der Waals surface area contributed by atoms with Crippen molar-refractivity contribution in [1.29, 1.82) is 0 Å². The summed E-state index contributed by atoms with van der Waals surface area (Å²) in [7, 11) is 0. The van der Waals surface area contributed by atoms with Gasteiger partial charge in [0.05, 0.1) is 11.2 Å². The van der Waals surface area contributed by atoms with Gasteiger partial charge in [0.1, 0.15) is 6.54 Å². The number of anilines is 2. The minimum absolute atomic E-state index is 0.0823. The lowest BCUT2D eigenvalue weighted by atomic mass is 10.1. The van der Waals surface area contributed by atoms with Crippen molar-refractivity contribution in [1.82, 2.24) is 4.98 Å². The van der Waals surface area contributed by atoms with Crippen LogP contribution in [0.4, 0.5) is 11.4 Å². The van der Waals surface area contributed by atoms with Crippen LogP contribution < -0.4 is 10.2 Å². The van der Waals surface area contributed by atoms with E-state index in [4.69, 9.17) is 0 Å². The molecular formula is C19H16BrN3O2. The molecule has 1 heterocycles. The summed E-state index contributed by atoms with van der Waals surface area (Å²) >= 11 is 3.35. The molecule has 0 aliphatic carbocycles. The maximum absolute atomic E-state index is 12.4. The molecule has 0 saturated carbocycles. The third-order valence-corrected chi connectivity index (χ3v) is 4.24. The van der Waals surface area contributed by atoms with E-state index in [2.05, 4.69) is 26.2 Å². The van der Waals surface area contributed by atoms with Crippen molar-refractivity contribution in [2.45, 2.75) is 6.92 Å². The van der Waals surface area contributed by atoms with Crippen LogP contribution in [0.15, 0.2) is 65.3 Å². The molecule has 1 N–H and O–H groups in total. The number of amides is 2. The fraction of sp³-hybridized carbons (Fsp3) is 0.105. The number of carbonyl (C=O) groups excluding carboxylic acids is 2. The summed E-state index contributed by atoms with van der Waals surface area (Å²) in [5, 5.41) is 3.71. The molecule has 2 amide bonds. The van der Waals surface area contributed by atoms with E-state index in [9.17, 15) is 9.59 Å². The molecule has 6 heteroatoms. The van der Waals surface area contributed by atoms with E-state index in [0.29, 0.717) is 16.9 Å². The second-order valence-electron chi connectivity index (χ2n) is 5.51. The van der Waals surface area contributed by atoms with Gasteiger partial charge in [0.2, 0.25) is 11.8 Å². The predicted octanol–water partition coefficient (Wildman–Crippen LogP) is 3.99. The number of para-hydroxylation sites is 1. The molecule has 3 aromatic rings. The Kier molecular flexibility index (Phi) is 5.09. The largest absolute Gasteiger partial charge is 0.325 e. The highest BCUT2D eigenvalue weighted by Crippen LogP contribution is 2.25. The van der Waals surface area contributed by atoms with E-state index in [1.807, 2.05) is 36.4 Å². The van der Waals surface area contributed by atoms with E-state index in [-0.39, 0.29) is 18.4 Å². The first-order valence-corrected chi connectivity index (χ1v) is 8.51. The molecule has 0 saturated heterocycles. The average molecular weight is 398 g/mol. The Labute approximate surface area is 153 Å². The quantitative estimate of drug-likeness (QED) is 0.723. The Morgan fingerprint density at radius 1 is 1.08 bits per heavy atom. The van der Waals surface area contributed by atoms with Gasteiger partial charge in [-0.05, 0) is 36.4 Å². The maximum Gasteiger partial charge on any atom is 0.244 e. The Bertz CT molecular complexity index is 920. The number of hydrogen-bond donors (Lipinski definition) is 1. The topological polar surface area (TPSA) is 62.3 Å². The number of halogens is 1. The van der Waals surface area contributed by atoms with Gasteiger partial charge < -0.3 is 10.2 Å². The van der Waals surface area contributed by atoms with E-state index in [1.54, 1.807) is 24.4 Å². The lowest BCUT2D eigenvalue weighted by Crippen LogP contribution is -2.36. The van der Waals surface area contributed by atoms with Crippen molar-refractivity contribution in [3.05, 3.63) is 65.3 Å². The Balaban J connectivity index is 1.85. The molecule has 25 heavy (non-hydrogen) atoms. The number of pyridine rings is 1. The summed E-state index contributed by atoms with van der Waals surface area (Å²) in [5.74, 6) is -0.491. The molecule has 3 rings (SSSR count). The molecule has 0 aliphatic heterocycles. The molecule has 0 bridgehead atoms. The first-order chi connectivity index (χ1) is 12.0.